The number of benzene rings is 3. The molecular formula is C32H35N3O5. The zero-order valence-electron chi connectivity index (χ0n) is 23.1. The molecule has 0 radical (unpaired) electrons. The van der Waals surface area contributed by atoms with Gasteiger partial charge in [-0.15, -0.1) is 0 Å². The van der Waals surface area contributed by atoms with Crippen LogP contribution in [-0.2, 0) is 22.6 Å². The van der Waals surface area contributed by atoms with Crippen LogP contribution in [0.1, 0.15) is 41.3 Å². The van der Waals surface area contributed by atoms with Crippen LogP contribution in [0.3, 0.4) is 0 Å². The Hall–Kier alpha value is -4.59. The molecule has 0 aliphatic heterocycles. The van der Waals surface area contributed by atoms with Crippen LogP contribution in [0.25, 0.3) is 10.9 Å². The number of hydrogen-bond donors (Lipinski definition) is 2. The van der Waals surface area contributed by atoms with Crippen LogP contribution in [-0.4, -0.2) is 54.3 Å². The lowest BCUT2D eigenvalue weighted by molar-refractivity contribution is -0.130. The van der Waals surface area contributed by atoms with Crippen LogP contribution in [0.15, 0.2) is 79.0 Å². The largest absolute Gasteiger partial charge is 0.497 e. The molecule has 2 amide bonds. The van der Waals surface area contributed by atoms with E-state index in [2.05, 4.69) is 10.3 Å². The maximum absolute atomic E-state index is 13.1. The third-order valence-corrected chi connectivity index (χ3v) is 6.94. The standard InChI is InChI=1S/C32H35N3O5/c1-22(36)35(20-24-8-4-7-11-31(24)40-3)21-26(18-25-19-33-29-10-6-5-9-28(25)29)34-32(38)17-16-30(37)23-12-14-27(39-2)15-13-23/h4-15,19,26,33H,16-18,20-21H2,1-3H3,(H,34,38). The smallest absolute Gasteiger partial charge is 0.220 e. The van der Waals surface area contributed by atoms with Gasteiger partial charge in [-0.2, -0.15) is 0 Å². The summed E-state index contributed by atoms with van der Waals surface area (Å²) in [5.74, 6) is 0.888. The lowest BCUT2D eigenvalue weighted by Gasteiger charge is -2.28. The monoisotopic (exact) mass is 541 g/mol. The van der Waals surface area contributed by atoms with Gasteiger partial charge >= 0.3 is 0 Å². The highest BCUT2D eigenvalue weighted by Crippen LogP contribution is 2.22. The van der Waals surface area contributed by atoms with Crippen LogP contribution in [0, 0.1) is 0 Å². The zero-order chi connectivity index (χ0) is 28.5. The van der Waals surface area contributed by atoms with Gasteiger partial charge in [-0.3, -0.25) is 14.4 Å². The summed E-state index contributed by atoms with van der Waals surface area (Å²) in [6, 6.07) is 22.0. The van der Waals surface area contributed by atoms with Crippen molar-refractivity contribution in [2.75, 3.05) is 20.8 Å². The Morgan fingerprint density at radius 2 is 1.60 bits per heavy atom. The molecule has 0 saturated carbocycles. The first-order chi connectivity index (χ1) is 19.4. The summed E-state index contributed by atoms with van der Waals surface area (Å²) in [4.78, 5) is 43.5. The highest BCUT2D eigenvalue weighted by Gasteiger charge is 2.22. The predicted octanol–water partition coefficient (Wildman–Crippen LogP) is 4.92. The first-order valence-electron chi connectivity index (χ1n) is 13.3. The predicted molar refractivity (Wildman–Crippen MR) is 155 cm³/mol. The average molecular weight is 542 g/mol. The molecule has 1 aromatic heterocycles. The van der Waals surface area contributed by atoms with Gasteiger partial charge < -0.3 is 24.7 Å². The lowest BCUT2D eigenvalue weighted by Crippen LogP contribution is -2.46. The van der Waals surface area contributed by atoms with E-state index in [9.17, 15) is 14.4 Å². The van der Waals surface area contributed by atoms with Gasteiger partial charge in [-0.05, 0) is 48.4 Å². The van der Waals surface area contributed by atoms with Crippen LogP contribution < -0.4 is 14.8 Å². The average Bonchev–Trinajstić information content (AvgIpc) is 3.38. The van der Waals surface area contributed by atoms with Gasteiger partial charge in [-0.25, -0.2) is 0 Å². The fraction of sp³-hybridized carbons (Fsp3) is 0.281. The molecule has 4 rings (SSSR count). The Bertz CT molecular complexity index is 1460. The summed E-state index contributed by atoms with van der Waals surface area (Å²) in [5, 5.41) is 4.16. The molecule has 0 fully saturated rings. The summed E-state index contributed by atoms with van der Waals surface area (Å²) in [5.41, 5.74) is 3.45. The van der Waals surface area contributed by atoms with E-state index in [1.54, 1.807) is 43.4 Å². The maximum Gasteiger partial charge on any atom is 0.220 e. The second-order valence-electron chi connectivity index (χ2n) is 9.69. The Kier molecular flexibility index (Phi) is 9.57. The van der Waals surface area contributed by atoms with Crippen molar-refractivity contribution < 1.29 is 23.9 Å². The van der Waals surface area contributed by atoms with E-state index in [0.29, 0.717) is 36.6 Å². The summed E-state index contributed by atoms with van der Waals surface area (Å²) < 4.78 is 10.6. The molecule has 3 aromatic carbocycles. The van der Waals surface area contributed by atoms with E-state index >= 15 is 0 Å². The SMILES string of the molecule is COc1ccc(C(=O)CCC(=O)NC(Cc2c[nH]c3ccccc23)CN(Cc2ccccc2OC)C(C)=O)cc1. The third kappa shape index (κ3) is 7.28. The highest BCUT2D eigenvalue weighted by atomic mass is 16.5. The number of para-hydroxylation sites is 2. The third-order valence-electron chi connectivity index (χ3n) is 6.94. The summed E-state index contributed by atoms with van der Waals surface area (Å²) in [6.45, 7) is 2.16. The number of methoxy groups -OCH3 is 2. The van der Waals surface area contributed by atoms with Crippen molar-refractivity contribution in [2.45, 2.75) is 38.8 Å². The number of nitrogens with zero attached hydrogens (tertiary/aromatic N) is 1. The van der Waals surface area contributed by atoms with Crippen LogP contribution >= 0.6 is 0 Å². The normalized spacial score (nSPS) is 11.6. The van der Waals surface area contributed by atoms with E-state index in [1.807, 2.05) is 54.7 Å². The van der Waals surface area contributed by atoms with Crippen molar-refractivity contribution in [1.82, 2.24) is 15.2 Å². The molecule has 0 aliphatic rings. The minimum atomic E-state index is -0.374. The minimum absolute atomic E-state index is 0.0435. The van der Waals surface area contributed by atoms with Crippen molar-refractivity contribution in [3.05, 3.63) is 95.7 Å². The number of ether oxygens (including phenoxy) is 2. The molecule has 1 unspecified atom stereocenters. The molecule has 4 aromatic rings. The van der Waals surface area contributed by atoms with Crippen molar-refractivity contribution >= 4 is 28.5 Å². The lowest BCUT2D eigenvalue weighted by atomic mass is 10.0. The molecule has 8 nitrogen and oxygen atoms in total. The molecule has 1 heterocycles. The molecule has 8 heteroatoms. The molecule has 0 bridgehead atoms. The van der Waals surface area contributed by atoms with Gasteiger partial charge in [0.25, 0.3) is 0 Å². The fourth-order valence-electron chi connectivity index (χ4n) is 4.79. The number of rotatable bonds is 13. The van der Waals surface area contributed by atoms with E-state index < -0.39 is 0 Å². The van der Waals surface area contributed by atoms with Crippen molar-refractivity contribution in [3.8, 4) is 11.5 Å². The van der Waals surface area contributed by atoms with Crippen LogP contribution in [0.4, 0.5) is 0 Å². The minimum Gasteiger partial charge on any atom is -0.497 e. The van der Waals surface area contributed by atoms with Gasteiger partial charge in [0.1, 0.15) is 11.5 Å². The number of amides is 2. The molecule has 208 valence electrons. The molecular weight excluding hydrogens is 506 g/mol. The number of nitrogens with one attached hydrogen (secondary N) is 2. The number of aromatic nitrogens is 1. The van der Waals surface area contributed by atoms with Crippen molar-refractivity contribution in [3.63, 3.8) is 0 Å². The number of carbonyl (C=O) groups is 3. The Labute approximate surface area is 234 Å². The molecule has 0 spiro atoms. The molecule has 0 aliphatic carbocycles. The maximum atomic E-state index is 13.1. The number of carbonyl (C=O) groups excluding carboxylic acids is 3. The van der Waals surface area contributed by atoms with E-state index in [4.69, 9.17) is 9.47 Å². The van der Waals surface area contributed by atoms with Gasteiger partial charge in [0.2, 0.25) is 11.8 Å². The topological polar surface area (TPSA) is 101 Å². The summed E-state index contributed by atoms with van der Waals surface area (Å²) in [6.07, 6.45) is 2.57. The number of fused-ring (bicyclic) bond motifs is 1. The van der Waals surface area contributed by atoms with Crippen molar-refractivity contribution in [1.29, 1.82) is 0 Å². The molecule has 0 saturated heterocycles. The van der Waals surface area contributed by atoms with Gasteiger partial charge in [0.15, 0.2) is 5.78 Å². The number of ketones is 1. The summed E-state index contributed by atoms with van der Waals surface area (Å²) in [7, 11) is 3.17. The molecule has 40 heavy (non-hydrogen) atoms. The van der Waals surface area contributed by atoms with E-state index in [-0.39, 0.29) is 36.5 Å². The Balaban J connectivity index is 1.49. The summed E-state index contributed by atoms with van der Waals surface area (Å²) >= 11 is 0. The zero-order valence-corrected chi connectivity index (χ0v) is 23.1. The number of aromatic amines is 1. The van der Waals surface area contributed by atoms with Gasteiger partial charge in [0, 0.05) is 61.1 Å². The molecule has 2 N–H and O–H groups in total. The second kappa shape index (κ2) is 13.5. The van der Waals surface area contributed by atoms with Crippen LogP contribution in [0.2, 0.25) is 0 Å². The van der Waals surface area contributed by atoms with Gasteiger partial charge in [-0.1, -0.05) is 36.4 Å². The van der Waals surface area contributed by atoms with E-state index in [0.717, 1.165) is 22.0 Å². The Morgan fingerprint density at radius 1 is 0.875 bits per heavy atom. The Morgan fingerprint density at radius 3 is 2.33 bits per heavy atom. The van der Waals surface area contributed by atoms with Crippen molar-refractivity contribution in [2.24, 2.45) is 0 Å². The second-order valence-corrected chi connectivity index (χ2v) is 9.69. The number of hydrogen-bond acceptors (Lipinski definition) is 5. The number of Topliss-reactive ketones (excluding diaryl/α,β-unsaturated/α-hetero) is 1. The molecule has 1 atom stereocenters. The first kappa shape index (κ1) is 28.4. The first-order valence-corrected chi connectivity index (χ1v) is 13.3. The van der Waals surface area contributed by atoms with Gasteiger partial charge in [0.05, 0.1) is 20.3 Å². The van der Waals surface area contributed by atoms with E-state index in [1.165, 1.54) is 6.92 Å². The quantitative estimate of drug-likeness (QED) is 0.234. The van der Waals surface area contributed by atoms with Crippen LogP contribution in [0.5, 0.6) is 11.5 Å². The highest BCUT2D eigenvalue weighted by molar-refractivity contribution is 5.98. The number of H-pyrrole nitrogens is 1. The fourth-order valence-corrected chi connectivity index (χ4v) is 4.79.